The zero-order valence-electron chi connectivity index (χ0n) is 14.9. The van der Waals surface area contributed by atoms with Crippen molar-refractivity contribution in [2.24, 2.45) is 5.73 Å². The minimum absolute atomic E-state index is 0.0247. The van der Waals surface area contributed by atoms with Gasteiger partial charge in [0.2, 0.25) is 17.4 Å². The van der Waals surface area contributed by atoms with Gasteiger partial charge in [0.05, 0.1) is 31.9 Å². The molecular weight excluding hydrogens is 389 g/mol. The first-order chi connectivity index (χ1) is 13.5. The number of carbonyl (C=O) groups excluding carboxylic acids is 1. The van der Waals surface area contributed by atoms with Crippen LogP contribution in [-0.4, -0.2) is 37.7 Å². The molecule has 2 aromatic rings. The summed E-state index contributed by atoms with van der Waals surface area (Å²) in [7, 11) is 12.8. The quantitative estimate of drug-likeness (QED) is 0.559. The molecule has 29 heavy (non-hydrogen) atoms. The molecular formula is C18H11B3N2O5S. The highest BCUT2D eigenvalue weighted by Gasteiger charge is 2.50. The molecule has 1 aliphatic rings. The Balaban J connectivity index is 1.92. The normalized spacial score (nSPS) is 19.5. The highest BCUT2D eigenvalue weighted by atomic mass is 32.2. The number of hydrogen-bond acceptors (Lipinski definition) is 7. The number of hydrogen-bond donors (Lipinski definition) is 1. The molecule has 138 valence electrons. The van der Waals surface area contributed by atoms with Gasteiger partial charge in [-0.05, 0) is 23.3 Å². The van der Waals surface area contributed by atoms with E-state index in [1.165, 1.54) is 48.5 Å². The number of ketones is 1. The van der Waals surface area contributed by atoms with Crippen LogP contribution in [0.25, 0.3) is 0 Å². The number of ether oxygens (including phenoxy) is 1. The number of carbonyl (C=O) groups is 1. The summed E-state index contributed by atoms with van der Waals surface area (Å²) in [5.74, 6) is -2.53. The van der Waals surface area contributed by atoms with Gasteiger partial charge in [0, 0.05) is 0 Å². The van der Waals surface area contributed by atoms with Crippen molar-refractivity contribution in [3.05, 3.63) is 82.9 Å². The molecule has 7 nitrogen and oxygen atoms in total. The molecule has 6 radical (unpaired) electrons. The maximum atomic E-state index is 12.8. The Hall–Kier alpha value is -3.12. The second-order valence-electron chi connectivity index (χ2n) is 6.25. The van der Waals surface area contributed by atoms with Crippen molar-refractivity contribution in [2.75, 3.05) is 0 Å². The lowest BCUT2D eigenvalue weighted by molar-refractivity contribution is -0.126. The standard InChI is InChI=1S/C18H11B3N2O5S/c19-17(12-8-6-11(10-22)7-9-12)15(24)14(16(23)27-17)28-29(25,26)18(20,21)13-4-2-1-3-5-13/h1-9H,23H2. The van der Waals surface area contributed by atoms with Crippen molar-refractivity contribution in [1.29, 1.82) is 5.26 Å². The SMILES string of the molecule is [B]C1(c2ccc(C#N)cc2)OC(N)=C(OS(=O)(=O)C([B])([B])c2ccccc2)C1=O. The van der Waals surface area contributed by atoms with Crippen LogP contribution in [0.15, 0.2) is 66.2 Å². The number of nitrogens with two attached hydrogens (primary N) is 1. The Morgan fingerprint density at radius 2 is 1.69 bits per heavy atom. The molecule has 0 saturated heterocycles. The van der Waals surface area contributed by atoms with E-state index in [2.05, 4.69) is 0 Å². The fourth-order valence-corrected chi connectivity index (χ4v) is 3.57. The Kier molecular flexibility index (Phi) is 5.01. The summed E-state index contributed by atoms with van der Waals surface area (Å²) in [6.45, 7) is 0. The number of Topliss-reactive ketones (excluding diaryl/α,β-unsaturated/α-hetero) is 1. The molecule has 0 aromatic heterocycles. The first-order valence-corrected chi connectivity index (χ1v) is 9.54. The third kappa shape index (κ3) is 3.40. The van der Waals surface area contributed by atoms with E-state index in [1.54, 1.807) is 6.07 Å². The van der Waals surface area contributed by atoms with Crippen LogP contribution in [-0.2, 0) is 33.9 Å². The summed E-state index contributed by atoms with van der Waals surface area (Å²) in [5, 5.41) is 8.87. The van der Waals surface area contributed by atoms with Crippen LogP contribution in [0, 0.1) is 11.3 Å². The maximum Gasteiger partial charge on any atom is 0.302 e. The molecule has 0 amide bonds. The van der Waals surface area contributed by atoms with E-state index in [-0.39, 0.29) is 11.1 Å². The molecule has 1 atom stereocenters. The predicted octanol–water partition coefficient (Wildman–Crippen LogP) is 0.101. The lowest BCUT2D eigenvalue weighted by atomic mass is 9.65. The topological polar surface area (TPSA) is 119 Å². The monoisotopic (exact) mass is 400 g/mol. The molecule has 0 saturated carbocycles. The third-order valence-corrected chi connectivity index (χ3v) is 5.76. The molecule has 0 bridgehead atoms. The summed E-state index contributed by atoms with van der Waals surface area (Å²) >= 11 is 0. The van der Waals surface area contributed by atoms with Gasteiger partial charge >= 0.3 is 10.1 Å². The Morgan fingerprint density at radius 1 is 1.10 bits per heavy atom. The zero-order valence-corrected chi connectivity index (χ0v) is 15.7. The van der Waals surface area contributed by atoms with E-state index in [4.69, 9.17) is 43.5 Å². The number of nitriles is 1. The second-order valence-corrected chi connectivity index (χ2v) is 8.00. The fourth-order valence-electron chi connectivity index (χ4n) is 2.63. The van der Waals surface area contributed by atoms with E-state index in [0.717, 1.165) is 0 Å². The summed E-state index contributed by atoms with van der Waals surface area (Å²) in [4.78, 5) is 12.8. The van der Waals surface area contributed by atoms with Gasteiger partial charge in [0.15, 0.2) is 5.50 Å². The van der Waals surface area contributed by atoms with Crippen molar-refractivity contribution < 1.29 is 22.1 Å². The molecule has 0 spiro atoms. The van der Waals surface area contributed by atoms with Crippen LogP contribution >= 0.6 is 0 Å². The van der Waals surface area contributed by atoms with Gasteiger partial charge in [-0.25, -0.2) is 0 Å². The predicted molar refractivity (Wildman–Crippen MR) is 106 cm³/mol. The molecule has 1 aliphatic heterocycles. The number of benzene rings is 2. The van der Waals surface area contributed by atoms with E-state index in [0.29, 0.717) is 5.56 Å². The van der Waals surface area contributed by atoms with Gasteiger partial charge in [-0.15, -0.1) is 0 Å². The first kappa shape index (κ1) is 20.6. The molecule has 1 unspecified atom stereocenters. The van der Waals surface area contributed by atoms with Crippen LogP contribution < -0.4 is 5.73 Å². The Morgan fingerprint density at radius 3 is 2.24 bits per heavy atom. The Labute approximate surface area is 171 Å². The zero-order chi connectivity index (χ0) is 21.4. The molecule has 2 N–H and O–H groups in total. The molecule has 0 fully saturated rings. The summed E-state index contributed by atoms with van der Waals surface area (Å²) < 4.78 is 33.0. The van der Waals surface area contributed by atoms with Crippen LogP contribution in [0.2, 0.25) is 0 Å². The summed E-state index contributed by atoms with van der Waals surface area (Å²) in [6.07, 6.45) is 0. The number of rotatable bonds is 5. The maximum absolute atomic E-state index is 12.8. The Bertz CT molecular complexity index is 1140. The van der Waals surface area contributed by atoms with Gasteiger partial charge in [-0.3, -0.25) is 4.79 Å². The van der Waals surface area contributed by atoms with Crippen molar-refractivity contribution in [3.63, 3.8) is 0 Å². The van der Waals surface area contributed by atoms with Crippen LogP contribution in [0.1, 0.15) is 16.7 Å². The van der Waals surface area contributed by atoms with Crippen LogP contribution in [0.5, 0.6) is 0 Å². The average Bonchev–Trinajstić information content (AvgIpc) is 2.92. The van der Waals surface area contributed by atoms with E-state index in [9.17, 15) is 13.2 Å². The van der Waals surface area contributed by atoms with Gasteiger partial charge < -0.3 is 14.7 Å². The highest BCUT2D eigenvalue weighted by molar-refractivity contribution is 7.90. The average molecular weight is 400 g/mol. The summed E-state index contributed by atoms with van der Waals surface area (Å²) in [5.41, 5.74) is 4.00. The van der Waals surface area contributed by atoms with Gasteiger partial charge in [0.1, 0.15) is 7.85 Å². The van der Waals surface area contributed by atoms with E-state index in [1.807, 2.05) is 6.07 Å². The molecule has 0 aliphatic carbocycles. The molecule has 2 aromatic carbocycles. The van der Waals surface area contributed by atoms with Gasteiger partial charge in [-0.2, -0.15) is 13.7 Å². The molecule has 11 heteroatoms. The van der Waals surface area contributed by atoms with E-state index >= 15 is 0 Å². The van der Waals surface area contributed by atoms with Gasteiger partial charge in [-0.1, -0.05) is 42.5 Å². The van der Waals surface area contributed by atoms with Crippen LogP contribution in [0.4, 0.5) is 0 Å². The fraction of sp³-hybridized carbons (Fsp3) is 0.111. The minimum Gasteiger partial charge on any atom is -0.467 e. The smallest absolute Gasteiger partial charge is 0.302 e. The van der Waals surface area contributed by atoms with Crippen molar-refractivity contribution in [1.82, 2.24) is 0 Å². The van der Waals surface area contributed by atoms with Crippen LogP contribution in [0.3, 0.4) is 0 Å². The minimum atomic E-state index is -4.79. The lowest BCUT2D eigenvalue weighted by Crippen LogP contribution is -2.40. The largest absolute Gasteiger partial charge is 0.467 e. The third-order valence-electron chi connectivity index (χ3n) is 4.31. The molecule has 1 heterocycles. The molecule has 3 rings (SSSR count). The summed E-state index contributed by atoms with van der Waals surface area (Å²) in [6, 6.07) is 15.0. The van der Waals surface area contributed by atoms with Gasteiger partial charge in [0.25, 0.3) is 0 Å². The van der Waals surface area contributed by atoms with Crippen molar-refractivity contribution in [2.45, 2.75) is 10.0 Å². The van der Waals surface area contributed by atoms with Crippen molar-refractivity contribution >= 4 is 39.4 Å². The first-order valence-electron chi connectivity index (χ1n) is 8.13. The highest BCUT2D eigenvalue weighted by Crippen LogP contribution is 2.37. The van der Waals surface area contributed by atoms with Crippen molar-refractivity contribution in [3.8, 4) is 6.07 Å². The van der Waals surface area contributed by atoms with E-state index < -0.39 is 37.6 Å². The second kappa shape index (κ2) is 7.05. The lowest BCUT2D eigenvalue weighted by Gasteiger charge is -2.26. The number of nitrogens with zero attached hydrogens (tertiary/aromatic N) is 1.